The van der Waals surface area contributed by atoms with E-state index in [0.717, 1.165) is 42.5 Å². The zero-order valence-electron chi connectivity index (χ0n) is 9.97. The highest BCUT2D eigenvalue weighted by molar-refractivity contribution is 9.10. The fraction of sp³-hybridized carbons (Fsp3) is 0.538. The first-order valence-electron chi connectivity index (χ1n) is 5.83. The molecule has 0 bridgehead atoms. The topological polar surface area (TPSA) is 3.24 Å². The first kappa shape index (κ1) is 13.7. The Labute approximate surface area is 106 Å². The fourth-order valence-electron chi connectivity index (χ4n) is 1.79. The number of rotatable bonds is 6. The van der Waals surface area contributed by atoms with E-state index in [-0.39, 0.29) is 5.82 Å². The maximum absolute atomic E-state index is 12.9. The van der Waals surface area contributed by atoms with Gasteiger partial charge in [-0.3, -0.25) is 4.90 Å². The van der Waals surface area contributed by atoms with Crippen LogP contribution in [0.3, 0.4) is 0 Å². The number of hydrogen-bond acceptors (Lipinski definition) is 1. The minimum Gasteiger partial charge on any atom is -0.299 e. The third-order valence-electron chi connectivity index (χ3n) is 2.49. The zero-order chi connectivity index (χ0) is 12.0. The first-order chi connectivity index (χ1) is 7.67. The van der Waals surface area contributed by atoms with Crippen molar-refractivity contribution in [3.8, 4) is 0 Å². The highest BCUT2D eigenvalue weighted by atomic mass is 79.9. The molecule has 0 saturated heterocycles. The van der Waals surface area contributed by atoms with Gasteiger partial charge in [0.1, 0.15) is 5.82 Å². The van der Waals surface area contributed by atoms with E-state index in [0.29, 0.717) is 0 Å². The zero-order valence-corrected chi connectivity index (χ0v) is 11.6. The van der Waals surface area contributed by atoms with Gasteiger partial charge in [-0.25, -0.2) is 4.39 Å². The normalized spacial score (nSPS) is 11.1. The Morgan fingerprint density at radius 3 is 2.31 bits per heavy atom. The summed E-state index contributed by atoms with van der Waals surface area (Å²) >= 11 is 3.41. The van der Waals surface area contributed by atoms with Crippen molar-refractivity contribution in [1.29, 1.82) is 0 Å². The van der Waals surface area contributed by atoms with E-state index in [1.54, 1.807) is 0 Å². The lowest BCUT2D eigenvalue weighted by Gasteiger charge is -2.21. The van der Waals surface area contributed by atoms with E-state index in [9.17, 15) is 4.39 Å². The quantitative estimate of drug-likeness (QED) is 0.758. The predicted molar refractivity (Wildman–Crippen MR) is 70.0 cm³/mol. The Kier molecular flexibility index (Phi) is 5.99. The molecule has 16 heavy (non-hydrogen) atoms. The van der Waals surface area contributed by atoms with Crippen molar-refractivity contribution in [2.24, 2.45) is 0 Å². The van der Waals surface area contributed by atoms with Crippen molar-refractivity contribution >= 4 is 15.9 Å². The highest BCUT2D eigenvalue weighted by Gasteiger charge is 2.07. The lowest BCUT2D eigenvalue weighted by Crippen LogP contribution is -2.25. The van der Waals surface area contributed by atoms with Crippen LogP contribution < -0.4 is 0 Å². The second-order valence-corrected chi connectivity index (χ2v) is 4.87. The van der Waals surface area contributed by atoms with Gasteiger partial charge in [-0.05, 0) is 43.6 Å². The molecule has 1 nitrogen and oxygen atoms in total. The van der Waals surface area contributed by atoms with Crippen LogP contribution in [0, 0.1) is 5.82 Å². The van der Waals surface area contributed by atoms with Crippen molar-refractivity contribution in [3.63, 3.8) is 0 Å². The van der Waals surface area contributed by atoms with Crippen LogP contribution in [0.2, 0.25) is 0 Å². The molecule has 3 heteroatoms. The van der Waals surface area contributed by atoms with Crippen LogP contribution in [-0.2, 0) is 6.54 Å². The predicted octanol–water partition coefficient (Wildman–Crippen LogP) is 4.21. The first-order valence-corrected chi connectivity index (χ1v) is 6.63. The maximum Gasteiger partial charge on any atom is 0.124 e. The van der Waals surface area contributed by atoms with Gasteiger partial charge >= 0.3 is 0 Å². The summed E-state index contributed by atoms with van der Waals surface area (Å²) in [6.45, 7) is 7.45. The molecule has 1 aromatic rings. The monoisotopic (exact) mass is 287 g/mol. The van der Waals surface area contributed by atoms with Crippen LogP contribution in [0.15, 0.2) is 22.7 Å². The van der Waals surface area contributed by atoms with E-state index >= 15 is 0 Å². The summed E-state index contributed by atoms with van der Waals surface area (Å²) in [6.07, 6.45) is 2.30. The second-order valence-electron chi connectivity index (χ2n) is 4.01. The molecule has 0 spiro atoms. The molecular formula is C13H19BrFN. The van der Waals surface area contributed by atoms with Crippen molar-refractivity contribution in [3.05, 3.63) is 34.1 Å². The third kappa shape index (κ3) is 4.22. The SMILES string of the molecule is CCCN(CCC)Cc1ccc(F)cc1Br. The molecule has 0 atom stereocenters. The molecule has 0 unspecified atom stereocenters. The van der Waals surface area contributed by atoms with Crippen LogP contribution >= 0.6 is 15.9 Å². The molecule has 0 fully saturated rings. The van der Waals surface area contributed by atoms with E-state index in [2.05, 4.69) is 34.7 Å². The molecule has 0 amide bonds. The van der Waals surface area contributed by atoms with Gasteiger partial charge in [0, 0.05) is 11.0 Å². The third-order valence-corrected chi connectivity index (χ3v) is 3.23. The van der Waals surface area contributed by atoms with E-state index in [1.165, 1.54) is 12.1 Å². The molecule has 0 saturated carbocycles. The summed E-state index contributed by atoms with van der Waals surface area (Å²) < 4.78 is 13.8. The largest absolute Gasteiger partial charge is 0.299 e. The Hall–Kier alpha value is -0.410. The van der Waals surface area contributed by atoms with Gasteiger partial charge in [0.15, 0.2) is 0 Å². The molecule has 0 aromatic heterocycles. The van der Waals surface area contributed by atoms with Gasteiger partial charge in [-0.15, -0.1) is 0 Å². The Morgan fingerprint density at radius 1 is 1.19 bits per heavy atom. The number of benzene rings is 1. The van der Waals surface area contributed by atoms with Gasteiger partial charge < -0.3 is 0 Å². The average Bonchev–Trinajstić information content (AvgIpc) is 2.23. The summed E-state index contributed by atoms with van der Waals surface area (Å²) in [5.74, 6) is -0.187. The van der Waals surface area contributed by atoms with Crippen LogP contribution in [-0.4, -0.2) is 18.0 Å². The van der Waals surface area contributed by atoms with Crippen LogP contribution in [0.25, 0.3) is 0 Å². The highest BCUT2D eigenvalue weighted by Crippen LogP contribution is 2.19. The Balaban J connectivity index is 2.68. The maximum atomic E-state index is 12.9. The lowest BCUT2D eigenvalue weighted by molar-refractivity contribution is 0.266. The van der Waals surface area contributed by atoms with Gasteiger partial charge in [0.25, 0.3) is 0 Å². The van der Waals surface area contributed by atoms with Crippen molar-refractivity contribution in [2.45, 2.75) is 33.2 Å². The number of halogens is 2. The molecule has 0 heterocycles. The molecule has 1 rings (SSSR count). The van der Waals surface area contributed by atoms with Crippen molar-refractivity contribution < 1.29 is 4.39 Å². The fourth-order valence-corrected chi connectivity index (χ4v) is 2.27. The molecule has 0 radical (unpaired) electrons. The number of nitrogens with zero attached hydrogens (tertiary/aromatic N) is 1. The van der Waals surface area contributed by atoms with Gasteiger partial charge in [0.2, 0.25) is 0 Å². The molecular weight excluding hydrogens is 269 g/mol. The lowest BCUT2D eigenvalue weighted by atomic mass is 10.2. The Morgan fingerprint density at radius 2 is 1.81 bits per heavy atom. The molecule has 0 aliphatic rings. The summed E-state index contributed by atoms with van der Waals surface area (Å²) in [6, 6.07) is 4.92. The Bertz CT molecular complexity index is 322. The average molecular weight is 288 g/mol. The van der Waals surface area contributed by atoms with Crippen LogP contribution in [0.5, 0.6) is 0 Å². The summed E-state index contributed by atoms with van der Waals surface area (Å²) in [7, 11) is 0. The smallest absolute Gasteiger partial charge is 0.124 e. The standard InChI is InChI=1S/C13H19BrFN/c1-3-7-16(8-4-2)10-11-5-6-12(15)9-13(11)14/h5-6,9H,3-4,7-8,10H2,1-2H3. The van der Waals surface area contributed by atoms with Crippen molar-refractivity contribution in [2.75, 3.05) is 13.1 Å². The number of hydrogen-bond donors (Lipinski definition) is 0. The minimum atomic E-state index is -0.187. The molecule has 0 N–H and O–H groups in total. The van der Waals surface area contributed by atoms with Crippen LogP contribution in [0.4, 0.5) is 4.39 Å². The molecule has 0 aliphatic heterocycles. The molecule has 90 valence electrons. The summed E-state index contributed by atoms with van der Waals surface area (Å²) in [5.41, 5.74) is 1.16. The van der Waals surface area contributed by atoms with Gasteiger partial charge in [0.05, 0.1) is 0 Å². The summed E-state index contributed by atoms with van der Waals surface area (Å²) in [4.78, 5) is 2.40. The molecule has 0 aliphatic carbocycles. The van der Waals surface area contributed by atoms with E-state index in [4.69, 9.17) is 0 Å². The van der Waals surface area contributed by atoms with Gasteiger partial charge in [-0.1, -0.05) is 35.8 Å². The van der Waals surface area contributed by atoms with Crippen molar-refractivity contribution in [1.82, 2.24) is 4.90 Å². The van der Waals surface area contributed by atoms with E-state index < -0.39 is 0 Å². The summed E-state index contributed by atoms with van der Waals surface area (Å²) in [5, 5.41) is 0. The van der Waals surface area contributed by atoms with Gasteiger partial charge in [-0.2, -0.15) is 0 Å². The van der Waals surface area contributed by atoms with E-state index in [1.807, 2.05) is 6.07 Å². The second kappa shape index (κ2) is 7.02. The van der Waals surface area contributed by atoms with Crippen LogP contribution in [0.1, 0.15) is 32.3 Å². The molecule has 1 aromatic carbocycles. The minimum absolute atomic E-state index is 0.187.